The molecule has 35 heavy (non-hydrogen) atoms. The first-order valence-electron chi connectivity index (χ1n) is 10.6. The minimum Gasteiger partial charge on any atom is -0.505 e. The standard InChI is InChI=1S/C23H24ClN3O7S/c1-4-35(33,34)15-9-13(22(25)30)21(29)19(27-16(28)7-10(2)3)18(15)17-12-8-11(24)5-6-14(12)26-20(17)23(31)32/h5-6,8-10,26,29H,4,7H2,1-3H3,(H2,25,30)(H,27,28)(H,31,32). The van der Waals surface area contributed by atoms with Gasteiger partial charge in [0.2, 0.25) is 5.91 Å². The summed E-state index contributed by atoms with van der Waals surface area (Å²) in [6, 6.07) is 5.34. The summed E-state index contributed by atoms with van der Waals surface area (Å²) in [7, 11) is -4.14. The number of halogens is 1. The Kier molecular flexibility index (Phi) is 7.13. The Balaban J connectivity index is 2.59. The maximum Gasteiger partial charge on any atom is 0.352 e. The van der Waals surface area contributed by atoms with E-state index in [2.05, 4.69) is 10.3 Å². The van der Waals surface area contributed by atoms with E-state index in [0.29, 0.717) is 5.52 Å². The lowest BCUT2D eigenvalue weighted by molar-refractivity contribution is -0.116. The van der Waals surface area contributed by atoms with Gasteiger partial charge < -0.3 is 26.2 Å². The molecule has 0 fully saturated rings. The number of benzene rings is 2. The summed E-state index contributed by atoms with van der Waals surface area (Å²) in [5, 5.41) is 23.8. The minimum absolute atomic E-state index is 0.00103. The Labute approximate surface area is 206 Å². The van der Waals surface area contributed by atoms with E-state index in [1.165, 1.54) is 25.1 Å². The maximum absolute atomic E-state index is 13.2. The molecule has 0 radical (unpaired) electrons. The van der Waals surface area contributed by atoms with Crippen molar-refractivity contribution in [1.82, 2.24) is 4.98 Å². The topological polar surface area (TPSA) is 180 Å². The van der Waals surface area contributed by atoms with Crippen molar-refractivity contribution in [3.63, 3.8) is 0 Å². The number of aromatic nitrogens is 1. The fourth-order valence-electron chi connectivity index (χ4n) is 3.75. The third kappa shape index (κ3) is 4.96. The number of carboxylic acids is 1. The molecule has 3 aromatic rings. The monoisotopic (exact) mass is 521 g/mol. The number of amides is 2. The maximum atomic E-state index is 13.2. The van der Waals surface area contributed by atoms with Gasteiger partial charge in [0.25, 0.3) is 5.91 Å². The van der Waals surface area contributed by atoms with E-state index in [4.69, 9.17) is 17.3 Å². The van der Waals surface area contributed by atoms with Crippen LogP contribution in [0.15, 0.2) is 29.2 Å². The highest BCUT2D eigenvalue weighted by Gasteiger charge is 2.32. The van der Waals surface area contributed by atoms with Crippen molar-refractivity contribution in [2.45, 2.75) is 32.1 Å². The molecule has 0 aliphatic heterocycles. The van der Waals surface area contributed by atoms with E-state index in [9.17, 15) is 33.0 Å². The normalized spacial score (nSPS) is 11.7. The predicted octanol–water partition coefficient (Wildman–Crippen LogP) is 3.77. The Morgan fingerprint density at radius 3 is 2.37 bits per heavy atom. The number of aromatic carboxylic acids is 1. The number of primary amides is 1. The van der Waals surface area contributed by atoms with Crippen molar-refractivity contribution in [2.24, 2.45) is 11.7 Å². The first-order chi connectivity index (χ1) is 16.3. The number of hydrogen-bond donors (Lipinski definition) is 5. The molecule has 0 aliphatic rings. The van der Waals surface area contributed by atoms with Gasteiger partial charge in [-0.05, 0) is 30.2 Å². The summed E-state index contributed by atoms with van der Waals surface area (Å²) < 4.78 is 26.3. The number of carbonyl (C=O) groups excluding carboxylic acids is 2. The number of nitrogens with one attached hydrogen (secondary N) is 2. The van der Waals surface area contributed by atoms with Gasteiger partial charge in [0.1, 0.15) is 5.69 Å². The molecule has 1 heterocycles. The van der Waals surface area contributed by atoms with Crippen LogP contribution in [0.5, 0.6) is 5.75 Å². The van der Waals surface area contributed by atoms with Crippen molar-refractivity contribution < 1.29 is 33.0 Å². The van der Waals surface area contributed by atoms with Crippen molar-refractivity contribution >= 4 is 55.8 Å². The van der Waals surface area contributed by atoms with Gasteiger partial charge in [0.15, 0.2) is 15.6 Å². The van der Waals surface area contributed by atoms with E-state index >= 15 is 0 Å². The SMILES string of the molecule is CCS(=O)(=O)c1cc(C(N)=O)c(O)c(NC(=O)CC(C)C)c1-c1c(C(=O)O)[nH]c2ccc(Cl)cc12. The number of phenols is 1. The van der Waals surface area contributed by atoms with Crippen LogP contribution in [-0.2, 0) is 14.6 Å². The number of aromatic hydroxyl groups is 1. The third-order valence-electron chi connectivity index (χ3n) is 5.33. The second kappa shape index (κ2) is 9.59. The molecule has 0 bridgehead atoms. The van der Waals surface area contributed by atoms with Crippen LogP contribution in [0.1, 0.15) is 48.0 Å². The number of sulfone groups is 1. The van der Waals surface area contributed by atoms with Gasteiger partial charge in [-0.15, -0.1) is 0 Å². The zero-order valence-electron chi connectivity index (χ0n) is 19.1. The zero-order valence-corrected chi connectivity index (χ0v) is 20.7. The van der Waals surface area contributed by atoms with E-state index in [0.717, 1.165) is 6.07 Å². The van der Waals surface area contributed by atoms with E-state index in [1.54, 1.807) is 13.8 Å². The number of rotatable bonds is 8. The minimum atomic E-state index is -4.14. The first-order valence-corrected chi connectivity index (χ1v) is 12.6. The summed E-state index contributed by atoms with van der Waals surface area (Å²) >= 11 is 6.14. The predicted molar refractivity (Wildman–Crippen MR) is 132 cm³/mol. The lowest BCUT2D eigenvalue weighted by atomic mass is 9.96. The highest BCUT2D eigenvalue weighted by molar-refractivity contribution is 7.91. The summed E-state index contributed by atoms with van der Waals surface area (Å²) in [4.78, 5) is 39.2. The molecular weight excluding hydrogens is 498 g/mol. The molecule has 6 N–H and O–H groups in total. The van der Waals surface area contributed by atoms with Crippen LogP contribution in [0, 0.1) is 5.92 Å². The van der Waals surface area contributed by atoms with Gasteiger partial charge in [-0.25, -0.2) is 13.2 Å². The van der Waals surface area contributed by atoms with E-state index < -0.39 is 61.0 Å². The van der Waals surface area contributed by atoms with E-state index in [1.807, 2.05) is 0 Å². The lowest BCUT2D eigenvalue weighted by Crippen LogP contribution is -2.19. The lowest BCUT2D eigenvalue weighted by Gasteiger charge is -2.20. The second-order valence-electron chi connectivity index (χ2n) is 8.30. The quantitative estimate of drug-likeness (QED) is 0.280. The molecule has 2 amide bonds. The number of fused-ring (bicyclic) bond motifs is 1. The average Bonchev–Trinajstić information content (AvgIpc) is 3.12. The van der Waals surface area contributed by atoms with Gasteiger partial charge in [-0.2, -0.15) is 0 Å². The van der Waals surface area contributed by atoms with Crippen molar-refractivity contribution in [3.8, 4) is 16.9 Å². The van der Waals surface area contributed by atoms with Gasteiger partial charge in [-0.1, -0.05) is 32.4 Å². The molecule has 0 saturated carbocycles. The average molecular weight is 522 g/mol. The van der Waals surface area contributed by atoms with Crippen LogP contribution in [0.25, 0.3) is 22.0 Å². The Hall–Kier alpha value is -3.57. The van der Waals surface area contributed by atoms with Crippen LogP contribution in [0.3, 0.4) is 0 Å². The molecule has 2 aromatic carbocycles. The first kappa shape index (κ1) is 26.0. The fourth-order valence-corrected chi connectivity index (χ4v) is 5.05. The van der Waals surface area contributed by atoms with Crippen LogP contribution in [0.4, 0.5) is 5.69 Å². The number of hydrogen-bond acceptors (Lipinski definition) is 6. The van der Waals surface area contributed by atoms with Gasteiger partial charge in [0.05, 0.1) is 21.9 Å². The van der Waals surface area contributed by atoms with Crippen LogP contribution in [-0.4, -0.2) is 47.2 Å². The molecule has 186 valence electrons. The molecule has 12 heteroatoms. The van der Waals surface area contributed by atoms with Gasteiger partial charge in [-0.3, -0.25) is 9.59 Å². The number of nitrogens with two attached hydrogens (primary N) is 1. The highest BCUT2D eigenvalue weighted by Crippen LogP contribution is 2.47. The van der Waals surface area contributed by atoms with Crippen LogP contribution in [0.2, 0.25) is 5.02 Å². The van der Waals surface area contributed by atoms with E-state index in [-0.39, 0.29) is 33.9 Å². The molecule has 0 aliphatic carbocycles. The molecular formula is C23H24ClN3O7S. The summed E-state index contributed by atoms with van der Waals surface area (Å²) in [5.74, 6) is -4.46. The highest BCUT2D eigenvalue weighted by atomic mass is 35.5. The number of carboxylic acid groups (broad SMARTS) is 1. The smallest absolute Gasteiger partial charge is 0.352 e. The van der Waals surface area contributed by atoms with Crippen LogP contribution < -0.4 is 11.1 Å². The van der Waals surface area contributed by atoms with Crippen molar-refractivity contribution in [1.29, 1.82) is 0 Å². The molecule has 0 atom stereocenters. The Morgan fingerprint density at radius 2 is 1.83 bits per heavy atom. The molecule has 0 unspecified atom stereocenters. The molecule has 0 spiro atoms. The summed E-state index contributed by atoms with van der Waals surface area (Å²) in [5.41, 5.74) is 3.88. The largest absolute Gasteiger partial charge is 0.505 e. The third-order valence-corrected chi connectivity index (χ3v) is 7.31. The van der Waals surface area contributed by atoms with Crippen molar-refractivity contribution in [2.75, 3.05) is 11.1 Å². The molecule has 1 aromatic heterocycles. The number of aromatic amines is 1. The number of H-pyrrole nitrogens is 1. The zero-order chi connectivity index (χ0) is 26.2. The summed E-state index contributed by atoms with van der Waals surface area (Å²) in [6.45, 7) is 4.91. The molecule has 3 rings (SSSR count). The molecule has 10 nitrogen and oxygen atoms in total. The fraction of sp³-hybridized carbons (Fsp3) is 0.261. The molecule has 0 saturated heterocycles. The van der Waals surface area contributed by atoms with Gasteiger partial charge >= 0.3 is 5.97 Å². The second-order valence-corrected chi connectivity index (χ2v) is 11.0. The van der Waals surface area contributed by atoms with Crippen molar-refractivity contribution in [3.05, 3.63) is 40.5 Å². The Morgan fingerprint density at radius 1 is 1.17 bits per heavy atom. The van der Waals surface area contributed by atoms with Crippen LogP contribution >= 0.6 is 11.6 Å². The Bertz CT molecular complexity index is 1480. The number of carbonyl (C=O) groups is 3. The number of anilines is 1. The summed E-state index contributed by atoms with van der Waals surface area (Å²) in [6.07, 6.45) is 0.00103. The van der Waals surface area contributed by atoms with Gasteiger partial charge in [0, 0.05) is 33.5 Å².